The summed E-state index contributed by atoms with van der Waals surface area (Å²) in [5.41, 5.74) is 2.83. The summed E-state index contributed by atoms with van der Waals surface area (Å²) >= 11 is 0. The molecule has 0 spiro atoms. The molecule has 3 rings (SSSR count). The van der Waals surface area contributed by atoms with Gasteiger partial charge >= 0.3 is 0 Å². The van der Waals surface area contributed by atoms with E-state index in [1.807, 2.05) is 30.3 Å². The van der Waals surface area contributed by atoms with Crippen molar-refractivity contribution >= 4 is 5.91 Å². The molecule has 126 valence electrons. The zero-order chi connectivity index (χ0) is 16.8. The number of likely N-dealkylation sites (tertiary alicyclic amines) is 1. The molecule has 0 aliphatic carbocycles. The van der Waals surface area contributed by atoms with Gasteiger partial charge in [0.05, 0.1) is 12.2 Å². The lowest BCUT2D eigenvalue weighted by Gasteiger charge is -2.30. The van der Waals surface area contributed by atoms with Crippen molar-refractivity contribution in [2.45, 2.75) is 32.9 Å². The lowest BCUT2D eigenvalue weighted by molar-refractivity contribution is 0.0950. The maximum Gasteiger partial charge on any atom is 0.251 e. The summed E-state index contributed by atoms with van der Waals surface area (Å²) in [5.74, 6) is 0.731. The van der Waals surface area contributed by atoms with Gasteiger partial charge in [0, 0.05) is 24.8 Å². The zero-order valence-electron chi connectivity index (χ0n) is 14.2. The van der Waals surface area contributed by atoms with E-state index in [1.54, 1.807) is 6.20 Å². The highest BCUT2D eigenvalue weighted by Gasteiger charge is 2.16. The molecule has 1 aliphatic heterocycles. The molecule has 1 fully saturated rings. The van der Waals surface area contributed by atoms with Crippen LogP contribution in [0.1, 0.15) is 41.4 Å². The smallest absolute Gasteiger partial charge is 0.251 e. The van der Waals surface area contributed by atoms with Crippen molar-refractivity contribution in [3.05, 3.63) is 65.5 Å². The number of amides is 1. The first kappa shape index (κ1) is 16.7. The van der Waals surface area contributed by atoms with E-state index in [4.69, 9.17) is 0 Å². The van der Waals surface area contributed by atoms with E-state index >= 15 is 0 Å². The summed E-state index contributed by atoms with van der Waals surface area (Å²) in [5, 5.41) is 2.91. The van der Waals surface area contributed by atoms with Crippen LogP contribution in [0.15, 0.2) is 48.7 Å². The van der Waals surface area contributed by atoms with Crippen molar-refractivity contribution in [1.29, 1.82) is 0 Å². The van der Waals surface area contributed by atoms with Crippen molar-refractivity contribution in [3.63, 3.8) is 0 Å². The number of aromatic nitrogens is 1. The number of carbonyl (C=O) groups is 1. The van der Waals surface area contributed by atoms with Gasteiger partial charge in [-0.05, 0) is 55.1 Å². The molecule has 1 amide bonds. The number of hydrogen-bond donors (Lipinski definition) is 1. The minimum Gasteiger partial charge on any atom is -0.346 e. The Morgan fingerprint density at radius 1 is 1.25 bits per heavy atom. The van der Waals surface area contributed by atoms with E-state index in [-0.39, 0.29) is 5.91 Å². The minimum absolute atomic E-state index is 0.0567. The third-order valence-corrected chi connectivity index (χ3v) is 4.52. The van der Waals surface area contributed by atoms with Gasteiger partial charge in [-0.1, -0.05) is 25.1 Å². The van der Waals surface area contributed by atoms with Crippen LogP contribution in [-0.2, 0) is 13.1 Å². The second-order valence-corrected chi connectivity index (χ2v) is 6.68. The Hall–Kier alpha value is -2.20. The van der Waals surface area contributed by atoms with Crippen molar-refractivity contribution in [2.24, 2.45) is 5.92 Å². The number of piperidine rings is 1. The molecule has 4 heteroatoms. The maximum atomic E-state index is 12.2. The quantitative estimate of drug-likeness (QED) is 0.919. The normalized spacial score (nSPS) is 18.3. The number of rotatable bonds is 5. The van der Waals surface area contributed by atoms with Gasteiger partial charge in [-0.3, -0.25) is 14.7 Å². The van der Waals surface area contributed by atoms with Crippen LogP contribution in [0.2, 0.25) is 0 Å². The summed E-state index contributed by atoms with van der Waals surface area (Å²) in [7, 11) is 0. The van der Waals surface area contributed by atoms with E-state index in [0.717, 1.165) is 18.2 Å². The fraction of sp³-hybridized carbons (Fsp3) is 0.400. The van der Waals surface area contributed by atoms with Crippen LogP contribution in [0.3, 0.4) is 0 Å². The standard InChI is InChI=1S/C20H25N3O/c1-16-5-4-12-23(14-16)15-17-7-9-18(10-8-17)20(24)22-13-19-6-2-3-11-21-19/h2-3,6-11,16H,4-5,12-15H2,1H3,(H,22,24)/t16-/m0/s1. The van der Waals surface area contributed by atoms with Crippen LogP contribution >= 0.6 is 0 Å². The molecule has 1 saturated heterocycles. The van der Waals surface area contributed by atoms with E-state index in [9.17, 15) is 4.79 Å². The number of hydrogen-bond acceptors (Lipinski definition) is 3. The Labute approximate surface area is 143 Å². The molecule has 24 heavy (non-hydrogen) atoms. The molecule has 1 aromatic heterocycles. The van der Waals surface area contributed by atoms with Crippen LogP contribution in [0.5, 0.6) is 0 Å². The Morgan fingerprint density at radius 3 is 2.79 bits per heavy atom. The molecule has 0 radical (unpaired) electrons. The topological polar surface area (TPSA) is 45.2 Å². The molecule has 2 aromatic rings. The first-order valence-corrected chi connectivity index (χ1v) is 8.70. The number of pyridine rings is 1. The van der Waals surface area contributed by atoms with Crippen molar-refractivity contribution in [3.8, 4) is 0 Å². The van der Waals surface area contributed by atoms with Crippen molar-refractivity contribution in [2.75, 3.05) is 13.1 Å². The van der Waals surface area contributed by atoms with Gasteiger partial charge in [0.1, 0.15) is 0 Å². The fourth-order valence-corrected chi connectivity index (χ4v) is 3.23. The second kappa shape index (κ2) is 8.06. The average molecular weight is 323 g/mol. The summed E-state index contributed by atoms with van der Waals surface area (Å²) in [6.45, 7) is 6.09. The molecule has 0 bridgehead atoms. The zero-order valence-corrected chi connectivity index (χ0v) is 14.2. The molecule has 2 heterocycles. The summed E-state index contributed by atoms with van der Waals surface area (Å²) in [6, 6.07) is 13.7. The number of nitrogens with zero attached hydrogens (tertiary/aromatic N) is 2. The lowest BCUT2D eigenvalue weighted by Crippen LogP contribution is -2.33. The van der Waals surface area contributed by atoms with E-state index in [2.05, 4.69) is 34.3 Å². The highest BCUT2D eigenvalue weighted by atomic mass is 16.1. The van der Waals surface area contributed by atoms with Crippen LogP contribution in [0.25, 0.3) is 0 Å². The number of carbonyl (C=O) groups excluding carboxylic acids is 1. The molecule has 1 aliphatic rings. The molecule has 4 nitrogen and oxygen atoms in total. The number of benzene rings is 1. The van der Waals surface area contributed by atoms with Gasteiger partial charge in [0.15, 0.2) is 0 Å². The molecule has 1 aromatic carbocycles. The maximum absolute atomic E-state index is 12.2. The van der Waals surface area contributed by atoms with Crippen LogP contribution in [0.4, 0.5) is 0 Å². The predicted octanol–water partition coefficient (Wildman–Crippen LogP) is 3.24. The van der Waals surface area contributed by atoms with Crippen LogP contribution in [-0.4, -0.2) is 28.9 Å². The predicted molar refractivity (Wildman–Crippen MR) is 95.5 cm³/mol. The molecule has 0 saturated carbocycles. The van der Waals surface area contributed by atoms with E-state index in [0.29, 0.717) is 12.1 Å². The van der Waals surface area contributed by atoms with Crippen molar-refractivity contribution in [1.82, 2.24) is 15.2 Å². The largest absolute Gasteiger partial charge is 0.346 e. The molecule has 1 atom stereocenters. The SMILES string of the molecule is C[C@H]1CCCN(Cc2ccc(C(=O)NCc3ccccn3)cc2)C1. The first-order valence-electron chi connectivity index (χ1n) is 8.70. The minimum atomic E-state index is -0.0567. The van der Waals surface area contributed by atoms with Crippen LogP contribution in [0, 0.1) is 5.92 Å². The molecule has 1 N–H and O–H groups in total. The Morgan fingerprint density at radius 2 is 2.08 bits per heavy atom. The molecular weight excluding hydrogens is 298 g/mol. The van der Waals surface area contributed by atoms with Crippen LogP contribution < -0.4 is 5.32 Å². The Bertz CT molecular complexity index is 654. The van der Waals surface area contributed by atoms with E-state index in [1.165, 1.54) is 31.5 Å². The average Bonchev–Trinajstić information content (AvgIpc) is 2.61. The summed E-state index contributed by atoms with van der Waals surface area (Å²) in [4.78, 5) is 18.9. The second-order valence-electron chi connectivity index (χ2n) is 6.68. The fourth-order valence-electron chi connectivity index (χ4n) is 3.23. The van der Waals surface area contributed by atoms with Gasteiger partial charge in [-0.25, -0.2) is 0 Å². The van der Waals surface area contributed by atoms with Gasteiger partial charge in [0.2, 0.25) is 0 Å². The highest BCUT2D eigenvalue weighted by molar-refractivity contribution is 5.94. The third-order valence-electron chi connectivity index (χ3n) is 4.52. The monoisotopic (exact) mass is 323 g/mol. The number of nitrogens with one attached hydrogen (secondary N) is 1. The Kier molecular flexibility index (Phi) is 5.59. The van der Waals surface area contributed by atoms with Gasteiger partial charge in [-0.2, -0.15) is 0 Å². The van der Waals surface area contributed by atoms with Gasteiger partial charge in [0.25, 0.3) is 5.91 Å². The summed E-state index contributed by atoms with van der Waals surface area (Å²) in [6.07, 6.45) is 4.36. The summed E-state index contributed by atoms with van der Waals surface area (Å²) < 4.78 is 0. The lowest BCUT2D eigenvalue weighted by atomic mass is 9.99. The van der Waals surface area contributed by atoms with E-state index < -0.39 is 0 Å². The van der Waals surface area contributed by atoms with Crippen molar-refractivity contribution < 1.29 is 4.79 Å². The van der Waals surface area contributed by atoms with Gasteiger partial charge < -0.3 is 5.32 Å². The highest BCUT2D eigenvalue weighted by Crippen LogP contribution is 2.18. The first-order chi connectivity index (χ1) is 11.7. The molecular formula is C20H25N3O. The Balaban J connectivity index is 1.52. The molecule has 0 unspecified atom stereocenters. The third kappa shape index (κ3) is 4.65. The van der Waals surface area contributed by atoms with Gasteiger partial charge in [-0.15, -0.1) is 0 Å².